The number of nitriles is 1. The van der Waals surface area contributed by atoms with Crippen LogP contribution < -0.4 is 10.6 Å². The first-order valence-corrected chi connectivity index (χ1v) is 14.4. The van der Waals surface area contributed by atoms with Crippen LogP contribution >= 0.6 is 0 Å². The Labute approximate surface area is 251 Å². The topological polar surface area (TPSA) is 95.6 Å². The zero-order valence-corrected chi connectivity index (χ0v) is 25.9. The first-order chi connectivity index (χ1) is 20.2. The van der Waals surface area contributed by atoms with Crippen LogP contribution in [0.5, 0.6) is 0 Å². The highest BCUT2D eigenvalue weighted by Crippen LogP contribution is 2.22. The van der Waals surface area contributed by atoms with E-state index in [2.05, 4.69) is 47.4 Å². The summed E-state index contributed by atoms with van der Waals surface area (Å²) in [5.41, 5.74) is 4.44. The van der Waals surface area contributed by atoms with Crippen LogP contribution in [0.15, 0.2) is 97.6 Å². The number of aromatic nitrogens is 3. The number of allylic oxidation sites excluding steroid dienone is 2. The number of imidazole rings is 1. The van der Waals surface area contributed by atoms with Crippen molar-refractivity contribution in [3.8, 4) is 11.8 Å². The van der Waals surface area contributed by atoms with E-state index in [9.17, 15) is 4.79 Å². The minimum Gasteiger partial charge on any atom is -0.309 e. The third-order valence-corrected chi connectivity index (χ3v) is 6.22. The van der Waals surface area contributed by atoms with Crippen molar-refractivity contribution < 1.29 is 4.79 Å². The van der Waals surface area contributed by atoms with Crippen LogP contribution in [0.2, 0.25) is 0 Å². The molecule has 220 valence electrons. The van der Waals surface area contributed by atoms with Crippen LogP contribution in [-0.2, 0) is 16.6 Å². The summed E-state index contributed by atoms with van der Waals surface area (Å²) in [5.74, 6) is 0.300. The first kappa shape index (κ1) is 33.7. The van der Waals surface area contributed by atoms with E-state index in [0.717, 1.165) is 28.9 Å². The van der Waals surface area contributed by atoms with Crippen LogP contribution in [0.4, 0.5) is 5.82 Å². The van der Waals surface area contributed by atoms with Gasteiger partial charge < -0.3 is 15.2 Å². The highest BCUT2D eigenvalue weighted by molar-refractivity contribution is 5.94. The molecule has 1 unspecified atom stereocenters. The van der Waals surface area contributed by atoms with Gasteiger partial charge in [-0.25, -0.2) is 9.97 Å². The fourth-order valence-electron chi connectivity index (χ4n) is 3.78. The van der Waals surface area contributed by atoms with Gasteiger partial charge in [-0.2, -0.15) is 5.26 Å². The fraction of sp³-hybridized carbons (Fsp3) is 0.314. The molecule has 0 aliphatic carbocycles. The van der Waals surface area contributed by atoms with Gasteiger partial charge in [-0.15, -0.1) is 0 Å². The number of amides is 1. The van der Waals surface area contributed by atoms with Gasteiger partial charge in [0.2, 0.25) is 5.91 Å². The van der Waals surface area contributed by atoms with E-state index in [4.69, 9.17) is 5.26 Å². The van der Waals surface area contributed by atoms with Gasteiger partial charge in [0.15, 0.2) is 0 Å². The Morgan fingerprint density at radius 2 is 1.64 bits per heavy atom. The molecule has 2 aromatic heterocycles. The maximum atomic E-state index is 13.2. The van der Waals surface area contributed by atoms with Gasteiger partial charge in [-0.3, -0.25) is 4.79 Å². The summed E-state index contributed by atoms with van der Waals surface area (Å²) in [5, 5.41) is 15.3. The number of pyridine rings is 1. The molecule has 0 radical (unpaired) electrons. The Bertz CT molecular complexity index is 1410. The molecule has 2 N–H and O–H groups in total. The number of nitrogens with one attached hydrogen (secondary N) is 2. The molecule has 0 aliphatic heterocycles. The molecule has 4 rings (SSSR count). The minimum atomic E-state index is -0.533. The highest BCUT2D eigenvalue weighted by atomic mass is 16.2. The monoisotopic (exact) mass is 564 g/mol. The molecule has 0 aliphatic rings. The molecule has 7 nitrogen and oxygen atoms in total. The van der Waals surface area contributed by atoms with Crippen LogP contribution in [0.3, 0.4) is 0 Å². The molecule has 2 aromatic carbocycles. The Kier molecular flexibility index (Phi) is 13.9. The molecule has 0 fully saturated rings. The van der Waals surface area contributed by atoms with Crippen molar-refractivity contribution in [2.24, 2.45) is 0 Å². The number of rotatable bonds is 8. The first-order valence-electron chi connectivity index (χ1n) is 14.4. The average molecular weight is 565 g/mol. The van der Waals surface area contributed by atoms with E-state index < -0.39 is 6.04 Å². The fourth-order valence-corrected chi connectivity index (χ4v) is 3.78. The van der Waals surface area contributed by atoms with Crippen molar-refractivity contribution >= 4 is 11.7 Å². The number of anilines is 1. The average Bonchev–Trinajstić information content (AvgIpc) is 3.53. The van der Waals surface area contributed by atoms with Crippen molar-refractivity contribution in [1.29, 1.82) is 5.26 Å². The van der Waals surface area contributed by atoms with Gasteiger partial charge in [-0.1, -0.05) is 89.2 Å². The van der Waals surface area contributed by atoms with E-state index in [0.29, 0.717) is 17.9 Å². The summed E-state index contributed by atoms with van der Waals surface area (Å²) in [4.78, 5) is 22.2. The second-order valence-electron chi connectivity index (χ2n) is 10.3. The van der Waals surface area contributed by atoms with Crippen molar-refractivity contribution in [2.75, 3.05) is 11.9 Å². The number of hydrogen-bond acceptors (Lipinski definition) is 5. The second-order valence-corrected chi connectivity index (χ2v) is 10.3. The number of carbonyl (C=O) groups excluding carboxylic acids is 1. The summed E-state index contributed by atoms with van der Waals surface area (Å²) in [6, 6.07) is 22.4. The van der Waals surface area contributed by atoms with E-state index in [-0.39, 0.29) is 11.3 Å². The largest absolute Gasteiger partial charge is 0.309 e. The summed E-state index contributed by atoms with van der Waals surface area (Å²) in [7, 11) is 0. The van der Waals surface area contributed by atoms with Gasteiger partial charge in [-0.05, 0) is 55.7 Å². The van der Waals surface area contributed by atoms with Gasteiger partial charge in [0.05, 0.1) is 35.5 Å². The highest BCUT2D eigenvalue weighted by Gasteiger charge is 2.21. The number of hydrogen-bond donors (Lipinski definition) is 2. The smallest absolute Gasteiger partial charge is 0.247 e. The zero-order chi connectivity index (χ0) is 31.0. The Morgan fingerprint density at radius 3 is 2.17 bits per heavy atom. The summed E-state index contributed by atoms with van der Waals surface area (Å²) < 4.78 is 1.93. The third-order valence-electron chi connectivity index (χ3n) is 6.22. The molecule has 0 saturated heterocycles. The zero-order valence-electron chi connectivity index (χ0n) is 25.9. The molecular formula is C35H44N6O. The summed E-state index contributed by atoms with van der Waals surface area (Å²) in [6.07, 6.45) is 10.2. The van der Waals surface area contributed by atoms with E-state index >= 15 is 0 Å². The predicted octanol–water partition coefficient (Wildman–Crippen LogP) is 7.56. The van der Waals surface area contributed by atoms with Gasteiger partial charge in [0.1, 0.15) is 11.9 Å². The lowest BCUT2D eigenvalue weighted by Gasteiger charge is -2.19. The normalized spacial score (nSPS) is 11.4. The molecular weight excluding hydrogens is 520 g/mol. The summed E-state index contributed by atoms with van der Waals surface area (Å²) >= 11 is 0. The van der Waals surface area contributed by atoms with Crippen LogP contribution in [0, 0.1) is 11.3 Å². The lowest BCUT2D eigenvalue weighted by atomic mass is 9.93. The Balaban J connectivity index is 0.000000947. The Morgan fingerprint density at radius 1 is 0.976 bits per heavy atom. The van der Waals surface area contributed by atoms with E-state index in [1.54, 1.807) is 30.7 Å². The molecule has 0 bridgehead atoms. The van der Waals surface area contributed by atoms with E-state index in [1.807, 2.05) is 99.1 Å². The number of nitrogens with zero attached hydrogens (tertiary/aromatic N) is 4. The third kappa shape index (κ3) is 10.5. The van der Waals surface area contributed by atoms with E-state index in [1.165, 1.54) is 0 Å². The maximum Gasteiger partial charge on any atom is 0.247 e. The van der Waals surface area contributed by atoms with Gasteiger partial charge in [0.25, 0.3) is 0 Å². The van der Waals surface area contributed by atoms with Crippen LogP contribution in [0.1, 0.15) is 76.9 Å². The molecule has 42 heavy (non-hydrogen) atoms. The molecule has 2 heterocycles. The molecule has 4 aromatic rings. The van der Waals surface area contributed by atoms with Gasteiger partial charge >= 0.3 is 0 Å². The van der Waals surface area contributed by atoms with Gasteiger partial charge in [0, 0.05) is 18.2 Å². The van der Waals surface area contributed by atoms with Crippen molar-refractivity contribution in [3.05, 3.63) is 120 Å². The SMILES string of the molecule is C/C=C\C.CC.CC(C)(C)c1cn(-c2ccc(NC(=O)C(NCCc3ccc(C#N)cc3)c3ccccc3)nc2)cn1. The predicted molar refractivity (Wildman–Crippen MR) is 173 cm³/mol. The molecule has 7 heteroatoms. The lowest BCUT2D eigenvalue weighted by Crippen LogP contribution is -2.34. The maximum absolute atomic E-state index is 13.2. The standard InChI is InChI=1S/C29H30N6O.C4H8.C2H6/c1-29(2,3)25-19-35(20-33-25)24-13-14-26(32-18-24)34-28(36)27(23-7-5-4-6-8-23)31-16-15-21-9-11-22(17-30)12-10-21;1-3-4-2;1-2/h4-14,18-20,27,31H,15-16H2,1-3H3,(H,32,34,36);3-4H,1-2H3;1-2H3/b;4-3-;. The molecule has 1 atom stereocenters. The van der Waals surface area contributed by atoms with Crippen molar-refractivity contribution in [3.63, 3.8) is 0 Å². The number of benzene rings is 2. The Hall–Kier alpha value is -4.54. The quantitative estimate of drug-likeness (QED) is 0.215. The molecule has 0 saturated carbocycles. The molecule has 1 amide bonds. The van der Waals surface area contributed by atoms with Crippen LogP contribution in [0.25, 0.3) is 5.69 Å². The molecule has 0 spiro atoms. The van der Waals surface area contributed by atoms with Crippen LogP contribution in [-0.4, -0.2) is 27.0 Å². The summed E-state index contributed by atoms with van der Waals surface area (Å²) in [6.45, 7) is 15.0. The second kappa shape index (κ2) is 17.3. The lowest BCUT2D eigenvalue weighted by molar-refractivity contribution is -0.118. The van der Waals surface area contributed by atoms with Crippen molar-refractivity contribution in [2.45, 2.75) is 66.3 Å². The minimum absolute atomic E-state index is 0.0356. The van der Waals surface area contributed by atoms with Crippen molar-refractivity contribution in [1.82, 2.24) is 19.9 Å². The number of carbonyl (C=O) groups is 1.